The second-order valence-corrected chi connectivity index (χ2v) is 6.03. The maximum absolute atomic E-state index is 12.4. The Bertz CT molecular complexity index is 692. The highest BCUT2D eigenvalue weighted by Gasteiger charge is 2.16. The third kappa shape index (κ3) is 4.83. The molecule has 2 rings (SSSR count). The molecule has 0 spiro atoms. The topological polar surface area (TPSA) is 78.9 Å². The Morgan fingerprint density at radius 1 is 1.12 bits per heavy atom. The molecule has 1 N–H and O–H groups in total. The van der Waals surface area contributed by atoms with E-state index < -0.39 is 0 Å². The molecule has 136 valence electrons. The minimum absolute atomic E-state index is 0.216. The summed E-state index contributed by atoms with van der Waals surface area (Å²) in [4.78, 5) is 16.8. The van der Waals surface area contributed by atoms with Crippen molar-refractivity contribution in [1.29, 1.82) is 0 Å². The molecule has 0 fully saturated rings. The van der Waals surface area contributed by atoms with Crippen molar-refractivity contribution < 1.29 is 23.7 Å². The number of nitrogens with zero attached hydrogens (tertiary/aromatic N) is 1. The number of aromatic nitrogens is 1. The fourth-order valence-electron chi connectivity index (χ4n) is 2.27. The lowest BCUT2D eigenvalue weighted by atomic mass is 10.1. The molecule has 0 radical (unpaired) electrons. The van der Waals surface area contributed by atoms with Crippen LogP contribution in [0.1, 0.15) is 21.1 Å². The zero-order valence-corrected chi connectivity index (χ0v) is 15.6. The first-order valence-electron chi connectivity index (χ1n) is 7.63. The highest BCUT2D eigenvalue weighted by Crippen LogP contribution is 2.38. The molecule has 0 unspecified atom stereocenters. The summed E-state index contributed by atoms with van der Waals surface area (Å²) in [5.74, 6) is 1.12. The van der Waals surface area contributed by atoms with E-state index in [9.17, 15) is 4.79 Å². The van der Waals surface area contributed by atoms with Crippen molar-refractivity contribution in [3.05, 3.63) is 33.8 Å². The molecule has 0 aliphatic heterocycles. The van der Waals surface area contributed by atoms with Crippen LogP contribution in [0.25, 0.3) is 0 Å². The van der Waals surface area contributed by atoms with Crippen LogP contribution in [0, 0.1) is 0 Å². The van der Waals surface area contributed by atoms with Crippen LogP contribution < -0.4 is 19.5 Å². The standard InChI is InChI=1S/C17H22N2O5S/c1-21-9-15-19-12(10-25-15)5-6-18-17(20)11-7-13(22-2)16(24-4)14(8-11)23-3/h7-8,10H,5-6,9H2,1-4H3,(H,18,20). The summed E-state index contributed by atoms with van der Waals surface area (Å²) in [7, 11) is 6.18. The van der Waals surface area contributed by atoms with Crippen LogP contribution in [0.15, 0.2) is 17.5 Å². The van der Waals surface area contributed by atoms with E-state index >= 15 is 0 Å². The number of benzene rings is 1. The Kier molecular flexibility index (Phi) is 7.03. The molecule has 1 aromatic carbocycles. The molecule has 1 amide bonds. The summed E-state index contributed by atoms with van der Waals surface area (Å²) in [5, 5.41) is 5.77. The number of amides is 1. The highest BCUT2D eigenvalue weighted by molar-refractivity contribution is 7.09. The SMILES string of the molecule is COCc1nc(CCNC(=O)c2cc(OC)c(OC)c(OC)c2)cs1. The lowest BCUT2D eigenvalue weighted by Gasteiger charge is -2.14. The van der Waals surface area contributed by atoms with Gasteiger partial charge in [-0.25, -0.2) is 4.98 Å². The van der Waals surface area contributed by atoms with E-state index in [1.807, 2.05) is 5.38 Å². The summed E-state index contributed by atoms with van der Waals surface area (Å²) in [6.45, 7) is 0.980. The smallest absolute Gasteiger partial charge is 0.251 e. The molecule has 1 aromatic heterocycles. The first kappa shape index (κ1) is 19.0. The number of carbonyl (C=O) groups is 1. The van der Waals surface area contributed by atoms with Gasteiger partial charge in [-0.05, 0) is 12.1 Å². The Morgan fingerprint density at radius 2 is 1.80 bits per heavy atom. The Hall–Kier alpha value is -2.32. The van der Waals surface area contributed by atoms with Crippen LogP contribution in [0.4, 0.5) is 0 Å². The highest BCUT2D eigenvalue weighted by atomic mass is 32.1. The second kappa shape index (κ2) is 9.24. The molecular weight excluding hydrogens is 344 g/mol. The lowest BCUT2D eigenvalue weighted by Crippen LogP contribution is -2.25. The van der Waals surface area contributed by atoms with Gasteiger partial charge in [-0.2, -0.15) is 0 Å². The summed E-state index contributed by atoms with van der Waals surface area (Å²) < 4.78 is 20.8. The molecule has 0 saturated heterocycles. The van der Waals surface area contributed by atoms with E-state index in [0.29, 0.717) is 42.4 Å². The van der Waals surface area contributed by atoms with Crippen LogP contribution in [0.5, 0.6) is 17.2 Å². The average Bonchev–Trinajstić information content (AvgIpc) is 3.07. The number of ether oxygens (including phenoxy) is 4. The largest absolute Gasteiger partial charge is 0.493 e. The van der Waals surface area contributed by atoms with Gasteiger partial charge in [0.2, 0.25) is 5.75 Å². The number of rotatable bonds is 9. The fourth-order valence-corrected chi connectivity index (χ4v) is 3.07. The van der Waals surface area contributed by atoms with Gasteiger partial charge in [0.1, 0.15) is 5.01 Å². The fraction of sp³-hybridized carbons (Fsp3) is 0.412. The third-order valence-corrected chi connectivity index (χ3v) is 4.33. The van der Waals surface area contributed by atoms with Crippen LogP contribution in [-0.2, 0) is 17.8 Å². The summed E-state index contributed by atoms with van der Waals surface area (Å²) in [6, 6.07) is 3.24. The average molecular weight is 366 g/mol. The molecule has 0 atom stereocenters. The van der Waals surface area contributed by atoms with Gasteiger partial charge in [0.25, 0.3) is 5.91 Å². The van der Waals surface area contributed by atoms with Crippen LogP contribution in [0.2, 0.25) is 0 Å². The third-order valence-electron chi connectivity index (χ3n) is 3.46. The van der Waals surface area contributed by atoms with Crippen molar-refractivity contribution in [3.8, 4) is 17.2 Å². The lowest BCUT2D eigenvalue weighted by molar-refractivity contribution is 0.0953. The predicted molar refractivity (Wildman–Crippen MR) is 95.0 cm³/mol. The molecule has 0 aliphatic rings. The van der Waals surface area contributed by atoms with E-state index in [4.69, 9.17) is 18.9 Å². The summed E-state index contributed by atoms with van der Waals surface area (Å²) in [5.41, 5.74) is 1.37. The minimum Gasteiger partial charge on any atom is -0.493 e. The molecule has 7 nitrogen and oxygen atoms in total. The monoisotopic (exact) mass is 366 g/mol. The Labute approximate surface area is 150 Å². The van der Waals surface area contributed by atoms with E-state index in [2.05, 4.69) is 10.3 Å². The van der Waals surface area contributed by atoms with Crippen molar-refractivity contribution in [1.82, 2.24) is 10.3 Å². The molecule has 2 aromatic rings. The normalized spacial score (nSPS) is 10.4. The maximum Gasteiger partial charge on any atom is 0.251 e. The number of hydrogen-bond acceptors (Lipinski definition) is 7. The zero-order valence-electron chi connectivity index (χ0n) is 14.8. The van der Waals surface area contributed by atoms with Gasteiger partial charge >= 0.3 is 0 Å². The van der Waals surface area contributed by atoms with Gasteiger partial charge in [-0.15, -0.1) is 11.3 Å². The van der Waals surface area contributed by atoms with Crippen LogP contribution >= 0.6 is 11.3 Å². The first-order valence-corrected chi connectivity index (χ1v) is 8.51. The zero-order chi connectivity index (χ0) is 18.2. The molecule has 1 heterocycles. The number of methoxy groups -OCH3 is 4. The molecule has 8 heteroatoms. The minimum atomic E-state index is -0.216. The van der Waals surface area contributed by atoms with Crippen molar-refractivity contribution in [3.63, 3.8) is 0 Å². The molecule has 0 bridgehead atoms. The van der Waals surface area contributed by atoms with E-state index in [-0.39, 0.29) is 5.91 Å². The molecule has 0 aliphatic carbocycles. The predicted octanol–water partition coefficient (Wildman–Crippen LogP) is 2.29. The van der Waals surface area contributed by atoms with Crippen molar-refractivity contribution in [2.75, 3.05) is 35.0 Å². The van der Waals surface area contributed by atoms with Gasteiger partial charge in [0.15, 0.2) is 11.5 Å². The Morgan fingerprint density at radius 3 is 2.36 bits per heavy atom. The van der Waals surface area contributed by atoms with Gasteiger partial charge in [0.05, 0.1) is 33.6 Å². The maximum atomic E-state index is 12.4. The van der Waals surface area contributed by atoms with E-state index in [1.54, 1.807) is 30.6 Å². The van der Waals surface area contributed by atoms with Crippen LogP contribution in [0.3, 0.4) is 0 Å². The number of hydrogen-bond donors (Lipinski definition) is 1. The van der Waals surface area contributed by atoms with Crippen LogP contribution in [-0.4, -0.2) is 45.9 Å². The quantitative estimate of drug-likeness (QED) is 0.734. The van der Waals surface area contributed by atoms with E-state index in [1.165, 1.54) is 21.3 Å². The van der Waals surface area contributed by atoms with Gasteiger partial charge in [0, 0.05) is 31.0 Å². The Balaban J connectivity index is 2.00. The first-order chi connectivity index (χ1) is 12.1. The molecular formula is C17H22N2O5S. The van der Waals surface area contributed by atoms with Crippen molar-refractivity contribution >= 4 is 17.2 Å². The van der Waals surface area contributed by atoms with Gasteiger partial charge in [-0.3, -0.25) is 4.79 Å². The summed E-state index contributed by atoms with van der Waals surface area (Å²) >= 11 is 1.55. The van der Waals surface area contributed by atoms with Gasteiger partial charge < -0.3 is 24.3 Å². The number of thiazole rings is 1. The van der Waals surface area contributed by atoms with Crippen molar-refractivity contribution in [2.45, 2.75) is 13.0 Å². The number of nitrogens with one attached hydrogen (secondary N) is 1. The second-order valence-electron chi connectivity index (χ2n) is 5.09. The molecule has 0 saturated carbocycles. The molecule has 25 heavy (non-hydrogen) atoms. The van der Waals surface area contributed by atoms with E-state index in [0.717, 1.165) is 10.7 Å². The van der Waals surface area contributed by atoms with Gasteiger partial charge in [-0.1, -0.05) is 0 Å². The van der Waals surface area contributed by atoms with Crippen molar-refractivity contribution in [2.24, 2.45) is 0 Å². The summed E-state index contributed by atoms with van der Waals surface area (Å²) in [6.07, 6.45) is 0.649. The number of carbonyl (C=O) groups excluding carboxylic acids is 1.